The standard InChI is InChI=1S/C12H18N2O4S/c1-12(2,3)8-13-10-6-5-9(19(4,17)18)7-11(10)14(15)16/h5-7,13H,8H2,1-4H3. The molecule has 0 aliphatic rings. The lowest BCUT2D eigenvalue weighted by atomic mass is 9.97. The van der Waals surface area contributed by atoms with Gasteiger partial charge in [0.25, 0.3) is 5.69 Å². The van der Waals surface area contributed by atoms with E-state index in [9.17, 15) is 18.5 Å². The Bertz CT molecular complexity index is 588. The molecule has 7 heteroatoms. The van der Waals surface area contributed by atoms with Crippen molar-refractivity contribution in [3.8, 4) is 0 Å². The number of anilines is 1. The zero-order chi connectivity index (χ0) is 14.8. The lowest BCUT2D eigenvalue weighted by Gasteiger charge is -2.19. The van der Waals surface area contributed by atoms with Gasteiger partial charge in [0.1, 0.15) is 5.69 Å². The largest absolute Gasteiger partial charge is 0.379 e. The van der Waals surface area contributed by atoms with Crippen LogP contribution in [-0.2, 0) is 9.84 Å². The fraction of sp³-hybridized carbons (Fsp3) is 0.500. The van der Waals surface area contributed by atoms with Crippen LogP contribution in [0.4, 0.5) is 11.4 Å². The molecule has 19 heavy (non-hydrogen) atoms. The third-order valence-electron chi connectivity index (χ3n) is 2.40. The molecular weight excluding hydrogens is 268 g/mol. The molecule has 0 heterocycles. The maximum absolute atomic E-state index is 11.4. The Hall–Kier alpha value is -1.63. The topological polar surface area (TPSA) is 89.3 Å². The summed E-state index contributed by atoms with van der Waals surface area (Å²) in [7, 11) is -3.45. The second-order valence-electron chi connectivity index (χ2n) is 5.62. The lowest BCUT2D eigenvalue weighted by Crippen LogP contribution is -2.19. The highest BCUT2D eigenvalue weighted by Gasteiger charge is 2.20. The van der Waals surface area contributed by atoms with E-state index in [0.717, 1.165) is 12.3 Å². The van der Waals surface area contributed by atoms with Crippen LogP contribution in [0.5, 0.6) is 0 Å². The number of sulfone groups is 1. The summed E-state index contributed by atoms with van der Waals surface area (Å²) < 4.78 is 22.8. The Kier molecular flexibility index (Phi) is 4.19. The van der Waals surface area contributed by atoms with Crippen molar-refractivity contribution in [3.63, 3.8) is 0 Å². The summed E-state index contributed by atoms with van der Waals surface area (Å²) in [5.74, 6) is 0. The predicted octanol–water partition coefficient (Wildman–Crippen LogP) is 2.46. The van der Waals surface area contributed by atoms with Crippen molar-refractivity contribution in [1.82, 2.24) is 0 Å². The fourth-order valence-electron chi connectivity index (χ4n) is 1.40. The molecule has 0 saturated heterocycles. The summed E-state index contributed by atoms with van der Waals surface area (Å²) in [6, 6.07) is 3.88. The zero-order valence-corrected chi connectivity index (χ0v) is 12.2. The molecule has 1 aromatic rings. The predicted molar refractivity (Wildman–Crippen MR) is 74.2 cm³/mol. The van der Waals surface area contributed by atoms with E-state index in [1.165, 1.54) is 12.1 Å². The summed E-state index contributed by atoms with van der Waals surface area (Å²) in [5.41, 5.74) is 0.0584. The molecule has 1 N–H and O–H groups in total. The third-order valence-corrected chi connectivity index (χ3v) is 3.51. The van der Waals surface area contributed by atoms with Crippen LogP contribution in [-0.4, -0.2) is 26.1 Å². The lowest BCUT2D eigenvalue weighted by molar-refractivity contribution is -0.384. The third kappa shape index (κ3) is 4.51. The molecule has 0 amide bonds. The molecular formula is C12H18N2O4S. The first-order valence-corrected chi connectivity index (χ1v) is 7.62. The van der Waals surface area contributed by atoms with Crippen LogP contribution in [0.3, 0.4) is 0 Å². The molecule has 0 spiro atoms. The number of benzene rings is 1. The zero-order valence-electron chi connectivity index (χ0n) is 11.4. The second-order valence-corrected chi connectivity index (χ2v) is 7.64. The summed E-state index contributed by atoms with van der Waals surface area (Å²) >= 11 is 0. The number of nitro benzene ring substituents is 1. The van der Waals surface area contributed by atoms with Crippen molar-refractivity contribution in [2.45, 2.75) is 25.7 Å². The molecule has 6 nitrogen and oxygen atoms in total. The molecule has 0 fully saturated rings. The van der Waals surface area contributed by atoms with E-state index in [1.54, 1.807) is 0 Å². The summed E-state index contributed by atoms with van der Waals surface area (Å²) in [4.78, 5) is 10.4. The molecule has 0 unspecified atom stereocenters. The van der Waals surface area contributed by atoms with Gasteiger partial charge in [-0.05, 0) is 17.5 Å². The van der Waals surface area contributed by atoms with Crippen molar-refractivity contribution in [1.29, 1.82) is 0 Å². The molecule has 0 aliphatic heterocycles. The molecule has 1 aromatic carbocycles. The average molecular weight is 286 g/mol. The van der Waals surface area contributed by atoms with Gasteiger partial charge in [0, 0.05) is 18.9 Å². The van der Waals surface area contributed by atoms with Gasteiger partial charge in [0.05, 0.1) is 9.82 Å². The first-order chi connectivity index (χ1) is 8.50. The SMILES string of the molecule is CC(C)(C)CNc1ccc(S(C)(=O)=O)cc1[N+](=O)[O-]. The molecule has 1 rings (SSSR count). The Morgan fingerprint density at radius 1 is 1.32 bits per heavy atom. The highest BCUT2D eigenvalue weighted by molar-refractivity contribution is 7.90. The summed E-state index contributed by atoms with van der Waals surface area (Å²) in [5, 5.41) is 14.0. The second kappa shape index (κ2) is 5.16. The fourth-order valence-corrected chi connectivity index (χ4v) is 2.04. The van der Waals surface area contributed by atoms with Crippen molar-refractivity contribution in [2.75, 3.05) is 18.1 Å². The molecule has 0 radical (unpaired) electrons. The minimum Gasteiger partial charge on any atom is -0.379 e. The van der Waals surface area contributed by atoms with Gasteiger partial charge in [0.15, 0.2) is 9.84 Å². The molecule has 0 saturated carbocycles. The Morgan fingerprint density at radius 2 is 1.89 bits per heavy atom. The van der Waals surface area contributed by atoms with Gasteiger partial charge in [-0.25, -0.2) is 8.42 Å². The van der Waals surface area contributed by atoms with Crippen LogP contribution < -0.4 is 5.32 Å². The average Bonchev–Trinajstić information content (AvgIpc) is 2.23. The minimum absolute atomic E-state index is 0.0383. The summed E-state index contributed by atoms with van der Waals surface area (Å²) in [6.45, 7) is 6.54. The molecule has 106 valence electrons. The van der Waals surface area contributed by atoms with Crippen LogP contribution in [0.1, 0.15) is 20.8 Å². The van der Waals surface area contributed by atoms with Gasteiger partial charge < -0.3 is 5.32 Å². The molecule has 0 atom stereocenters. The van der Waals surface area contributed by atoms with E-state index in [0.29, 0.717) is 12.2 Å². The number of nitrogens with one attached hydrogen (secondary N) is 1. The van der Waals surface area contributed by atoms with Gasteiger partial charge in [-0.15, -0.1) is 0 Å². The number of rotatable bonds is 4. The Morgan fingerprint density at radius 3 is 2.32 bits per heavy atom. The number of hydrogen-bond acceptors (Lipinski definition) is 5. The molecule has 0 aromatic heterocycles. The smallest absolute Gasteiger partial charge is 0.293 e. The maximum Gasteiger partial charge on any atom is 0.293 e. The van der Waals surface area contributed by atoms with E-state index >= 15 is 0 Å². The van der Waals surface area contributed by atoms with Gasteiger partial charge >= 0.3 is 0 Å². The van der Waals surface area contributed by atoms with Gasteiger partial charge in [-0.1, -0.05) is 20.8 Å². The van der Waals surface area contributed by atoms with E-state index in [-0.39, 0.29) is 16.0 Å². The monoisotopic (exact) mass is 286 g/mol. The van der Waals surface area contributed by atoms with Crippen molar-refractivity contribution in [2.24, 2.45) is 5.41 Å². The minimum atomic E-state index is -3.45. The number of nitrogens with zero attached hydrogens (tertiary/aromatic N) is 1. The highest BCUT2D eigenvalue weighted by Crippen LogP contribution is 2.28. The van der Waals surface area contributed by atoms with E-state index < -0.39 is 14.8 Å². The van der Waals surface area contributed by atoms with Crippen molar-refractivity contribution >= 4 is 21.2 Å². The van der Waals surface area contributed by atoms with Crippen molar-refractivity contribution in [3.05, 3.63) is 28.3 Å². The Balaban J connectivity index is 3.16. The van der Waals surface area contributed by atoms with Crippen LogP contribution in [0, 0.1) is 15.5 Å². The normalized spacial score (nSPS) is 12.2. The first-order valence-electron chi connectivity index (χ1n) is 5.73. The van der Waals surface area contributed by atoms with E-state index in [2.05, 4.69) is 5.32 Å². The first kappa shape index (κ1) is 15.4. The number of nitro groups is 1. The van der Waals surface area contributed by atoms with E-state index in [1.807, 2.05) is 20.8 Å². The molecule has 0 bridgehead atoms. The van der Waals surface area contributed by atoms with Crippen LogP contribution in [0.25, 0.3) is 0 Å². The highest BCUT2D eigenvalue weighted by atomic mass is 32.2. The van der Waals surface area contributed by atoms with Gasteiger partial charge in [-0.2, -0.15) is 0 Å². The van der Waals surface area contributed by atoms with Crippen LogP contribution in [0.15, 0.2) is 23.1 Å². The van der Waals surface area contributed by atoms with Gasteiger partial charge in [0.2, 0.25) is 0 Å². The van der Waals surface area contributed by atoms with Gasteiger partial charge in [-0.3, -0.25) is 10.1 Å². The number of hydrogen-bond donors (Lipinski definition) is 1. The maximum atomic E-state index is 11.4. The van der Waals surface area contributed by atoms with Crippen molar-refractivity contribution < 1.29 is 13.3 Å². The van der Waals surface area contributed by atoms with Crippen LogP contribution >= 0.6 is 0 Å². The summed E-state index contributed by atoms with van der Waals surface area (Å²) in [6.07, 6.45) is 1.02. The quantitative estimate of drug-likeness (QED) is 0.678. The Labute approximate surface area is 112 Å². The van der Waals surface area contributed by atoms with Crippen LogP contribution in [0.2, 0.25) is 0 Å². The van der Waals surface area contributed by atoms with E-state index in [4.69, 9.17) is 0 Å². The molecule has 0 aliphatic carbocycles.